The van der Waals surface area contributed by atoms with Crippen LogP contribution in [0, 0.1) is 0 Å². The molecule has 0 saturated carbocycles. The summed E-state index contributed by atoms with van der Waals surface area (Å²) in [5.41, 5.74) is 6.72. The zero-order chi connectivity index (χ0) is 11.7. The summed E-state index contributed by atoms with van der Waals surface area (Å²) in [5.74, 6) is -0.750. The van der Waals surface area contributed by atoms with E-state index in [1.54, 1.807) is 12.1 Å². The number of carbonyl (C=O) groups is 1. The average molecular weight is 307 g/mol. The van der Waals surface area contributed by atoms with E-state index in [-0.39, 0.29) is 49.7 Å². The molecule has 85 valence electrons. The van der Waals surface area contributed by atoms with Crippen molar-refractivity contribution in [3.63, 3.8) is 0 Å². The molecule has 0 aromatic carbocycles. The number of methoxy groups -OCH3 is 1. The van der Waals surface area contributed by atoms with E-state index in [4.69, 9.17) is 10.5 Å². The standard InChI is InChI=1S/C10H9N3O3.Y/c1-16-7-3-2-6-8(13-7)9(14)5(4-12-6)10(11)15;/h2-4H,1H3,(H3,11,12,14,15);/p-1. The van der Waals surface area contributed by atoms with E-state index in [2.05, 4.69) is 9.97 Å². The topological polar surface area (TPSA) is 95.9 Å². The minimum atomic E-state index is -1.03. The van der Waals surface area contributed by atoms with E-state index in [0.29, 0.717) is 5.52 Å². The number of aromatic amines is 1. The summed E-state index contributed by atoms with van der Waals surface area (Å²) in [4.78, 5) is 29.3. The first-order valence-corrected chi connectivity index (χ1v) is 4.46. The van der Waals surface area contributed by atoms with Crippen LogP contribution in [0.4, 0.5) is 0 Å². The molecule has 0 bridgehead atoms. The summed E-state index contributed by atoms with van der Waals surface area (Å²) in [6, 6.07) is 3.22. The number of aromatic nitrogens is 2. The van der Waals surface area contributed by atoms with E-state index in [9.17, 15) is 9.59 Å². The number of pyridine rings is 2. The fourth-order valence-electron chi connectivity index (χ4n) is 1.36. The summed E-state index contributed by atoms with van der Waals surface area (Å²) in [7, 11) is 1.43. The van der Waals surface area contributed by atoms with Gasteiger partial charge in [-0.3, -0.25) is 4.79 Å². The predicted molar refractivity (Wildman–Crippen MR) is 57.6 cm³/mol. The number of amides is 1. The molecule has 0 spiro atoms. The average Bonchev–Trinajstić information content (AvgIpc) is 2.28. The largest absolute Gasteiger partial charge is 0.663 e. The molecule has 2 N–H and O–H groups in total. The van der Waals surface area contributed by atoms with Crippen molar-refractivity contribution in [2.24, 2.45) is 0 Å². The van der Waals surface area contributed by atoms with Crippen LogP contribution in [-0.4, -0.2) is 23.0 Å². The summed E-state index contributed by atoms with van der Waals surface area (Å²) in [5, 5.41) is 0. The van der Waals surface area contributed by atoms with Crippen molar-refractivity contribution in [2.45, 2.75) is 0 Å². The second kappa shape index (κ2) is 5.38. The maximum Gasteiger partial charge on any atom is 0.217 e. The summed E-state index contributed by atoms with van der Waals surface area (Å²) in [6.07, 6.45) is 1.22. The predicted octanol–water partition coefficient (Wildman–Crippen LogP) is 1.12. The number of hydrogen-bond acceptors (Lipinski definition) is 4. The second-order valence-corrected chi connectivity index (χ2v) is 3.11. The number of ether oxygens (including phenoxy) is 1. The summed E-state index contributed by atoms with van der Waals surface area (Å²) >= 11 is 0. The van der Waals surface area contributed by atoms with Gasteiger partial charge in [0, 0.05) is 45.0 Å². The maximum atomic E-state index is 11.8. The molecule has 2 aromatic heterocycles. The van der Waals surface area contributed by atoms with Crippen LogP contribution >= 0.6 is 0 Å². The number of H-pyrrole nitrogens is 1. The van der Waals surface area contributed by atoms with Crippen LogP contribution in [-0.2, 0) is 32.7 Å². The third-order valence-corrected chi connectivity index (χ3v) is 2.16. The summed E-state index contributed by atoms with van der Waals surface area (Å²) < 4.78 is 4.88. The third kappa shape index (κ3) is 2.53. The fraction of sp³-hybridized carbons (Fsp3) is 0.100. The van der Waals surface area contributed by atoms with E-state index in [1.807, 2.05) is 0 Å². The molecule has 0 aliphatic carbocycles. The van der Waals surface area contributed by atoms with Crippen LogP contribution in [0.1, 0.15) is 10.4 Å². The van der Waals surface area contributed by atoms with Gasteiger partial charge in [-0.2, -0.15) is 0 Å². The molecule has 0 fully saturated rings. The van der Waals surface area contributed by atoms with Crippen molar-refractivity contribution in [2.75, 3.05) is 7.11 Å². The molecule has 17 heavy (non-hydrogen) atoms. The Morgan fingerprint density at radius 2 is 2.18 bits per heavy atom. The molecule has 2 heterocycles. The molecular weight excluding hydrogens is 299 g/mol. The van der Waals surface area contributed by atoms with Gasteiger partial charge in [0.05, 0.1) is 24.1 Å². The van der Waals surface area contributed by atoms with Crippen molar-refractivity contribution in [1.29, 1.82) is 0 Å². The smallest absolute Gasteiger partial charge is 0.217 e. The number of nitrogens with zero attached hydrogens (tertiary/aromatic N) is 1. The van der Waals surface area contributed by atoms with Crippen LogP contribution in [0.15, 0.2) is 23.1 Å². The molecule has 1 radical (unpaired) electrons. The zero-order valence-corrected chi connectivity index (χ0v) is 11.8. The first-order chi connectivity index (χ1) is 7.63. The van der Waals surface area contributed by atoms with Crippen LogP contribution in [0.25, 0.3) is 16.8 Å². The fourth-order valence-corrected chi connectivity index (χ4v) is 1.36. The van der Waals surface area contributed by atoms with Crippen LogP contribution in [0.3, 0.4) is 0 Å². The Balaban J connectivity index is 0.00000144. The zero-order valence-electron chi connectivity index (χ0n) is 8.98. The van der Waals surface area contributed by atoms with Crippen LogP contribution in [0.5, 0.6) is 5.88 Å². The van der Waals surface area contributed by atoms with Gasteiger partial charge >= 0.3 is 0 Å². The van der Waals surface area contributed by atoms with E-state index >= 15 is 0 Å². The number of hydrogen-bond donors (Lipinski definition) is 1. The van der Waals surface area contributed by atoms with Crippen LogP contribution in [0.2, 0.25) is 0 Å². The van der Waals surface area contributed by atoms with Gasteiger partial charge in [0.2, 0.25) is 11.3 Å². The van der Waals surface area contributed by atoms with Gasteiger partial charge < -0.3 is 20.2 Å². The first kappa shape index (κ1) is 13.8. The van der Waals surface area contributed by atoms with Gasteiger partial charge in [-0.1, -0.05) is 0 Å². The van der Waals surface area contributed by atoms with Gasteiger partial charge in [-0.05, 0) is 6.07 Å². The van der Waals surface area contributed by atoms with Crippen molar-refractivity contribution in [3.05, 3.63) is 39.9 Å². The Morgan fingerprint density at radius 1 is 1.47 bits per heavy atom. The van der Waals surface area contributed by atoms with E-state index < -0.39 is 11.3 Å². The van der Waals surface area contributed by atoms with E-state index in [1.165, 1.54) is 13.3 Å². The SMILES string of the molecule is COc1ccc2[nH]cc(C([NH-])=O)c(=O)c2n1.[Y]. The molecule has 0 saturated heterocycles. The Bertz CT molecular complexity index is 624. The van der Waals surface area contributed by atoms with Crippen molar-refractivity contribution in [1.82, 2.24) is 9.97 Å². The quantitative estimate of drug-likeness (QED) is 0.899. The molecule has 2 rings (SSSR count). The molecular formula is C10H8N3O3Y-. The van der Waals surface area contributed by atoms with Crippen LogP contribution < -0.4 is 10.2 Å². The van der Waals surface area contributed by atoms with Crippen molar-refractivity contribution < 1.29 is 42.2 Å². The van der Waals surface area contributed by atoms with Gasteiger partial charge in [0.15, 0.2) is 0 Å². The number of nitrogens with one attached hydrogen (secondary N) is 2. The van der Waals surface area contributed by atoms with Crippen molar-refractivity contribution in [3.8, 4) is 5.88 Å². The van der Waals surface area contributed by atoms with E-state index in [0.717, 1.165) is 0 Å². The van der Waals surface area contributed by atoms with Gasteiger partial charge in [0.1, 0.15) is 5.52 Å². The third-order valence-electron chi connectivity index (χ3n) is 2.16. The Hall–Kier alpha value is -1.27. The van der Waals surface area contributed by atoms with Crippen molar-refractivity contribution >= 4 is 16.9 Å². The molecule has 7 heteroatoms. The summed E-state index contributed by atoms with van der Waals surface area (Å²) in [6.45, 7) is 0. The minimum absolute atomic E-state index is 0. The molecule has 0 atom stereocenters. The Labute approximate surface area is 121 Å². The molecule has 0 unspecified atom stereocenters. The monoisotopic (exact) mass is 307 g/mol. The maximum absolute atomic E-state index is 11.8. The first-order valence-electron chi connectivity index (χ1n) is 4.46. The Morgan fingerprint density at radius 3 is 2.76 bits per heavy atom. The second-order valence-electron chi connectivity index (χ2n) is 3.11. The molecule has 1 amide bonds. The van der Waals surface area contributed by atoms with Gasteiger partial charge in [0.25, 0.3) is 0 Å². The van der Waals surface area contributed by atoms with Gasteiger partial charge in [-0.25, -0.2) is 4.98 Å². The number of rotatable bonds is 2. The Kier molecular flexibility index (Phi) is 4.36. The normalized spacial score (nSPS) is 9.71. The van der Waals surface area contributed by atoms with Gasteiger partial charge in [-0.15, -0.1) is 0 Å². The number of fused-ring (bicyclic) bond motifs is 1. The minimum Gasteiger partial charge on any atom is -0.663 e. The molecule has 0 aliphatic heterocycles. The molecule has 6 nitrogen and oxygen atoms in total. The molecule has 0 aliphatic rings. The number of carbonyl (C=O) groups excluding carboxylic acids is 1. The molecule has 2 aromatic rings.